The third-order valence-electron chi connectivity index (χ3n) is 4.26. The third kappa shape index (κ3) is 3.08. The Bertz CT molecular complexity index is 337. The molecule has 1 aliphatic carbocycles. The van der Waals surface area contributed by atoms with Crippen LogP contribution >= 0.6 is 0 Å². The van der Waals surface area contributed by atoms with Gasteiger partial charge in [0.1, 0.15) is 0 Å². The van der Waals surface area contributed by atoms with Gasteiger partial charge in [0.25, 0.3) is 0 Å². The molecule has 0 bridgehead atoms. The zero-order valence-corrected chi connectivity index (χ0v) is 12.0. The van der Waals surface area contributed by atoms with E-state index in [1.807, 2.05) is 0 Å². The van der Waals surface area contributed by atoms with E-state index in [9.17, 15) is 9.90 Å². The number of aliphatic hydroxyl groups is 1. The number of allylic oxidation sites excluding steroid dienone is 1. The van der Waals surface area contributed by atoms with Gasteiger partial charge >= 0.3 is 5.97 Å². The second-order valence-electron chi connectivity index (χ2n) is 5.36. The minimum absolute atomic E-state index is 0.263. The summed E-state index contributed by atoms with van der Waals surface area (Å²) in [4.78, 5) is 12.5. The molecule has 1 N–H and O–H groups in total. The summed E-state index contributed by atoms with van der Waals surface area (Å²) >= 11 is 0. The van der Waals surface area contributed by atoms with Crippen LogP contribution < -0.4 is 0 Å². The van der Waals surface area contributed by atoms with E-state index < -0.39 is 11.0 Å². The van der Waals surface area contributed by atoms with Crippen molar-refractivity contribution in [2.75, 3.05) is 6.61 Å². The van der Waals surface area contributed by atoms with Crippen LogP contribution in [0.3, 0.4) is 0 Å². The predicted octanol–water partition coefficient (Wildman–Crippen LogP) is 3.38. The molecule has 3 heteroatoms. The third-order valence-corrected chi connectivity index (χ3v) is 4.26. The molecule has 0 aromatic carbocycles. The first kappa shape index (κ1) is 16.0. The normalized spacial score (nSPS) is 30.6. The summed E-state index contributed by atoms with van der Waals surface area (Å²) < 4.78 is 5.26. The van der Waals surface area contributed by atoms with Gasteiger partial charge in [-0.25, -0.2) is 0 Å². The molecule has 19 heavy (non-hydrogen) atoms. The fourth-order valence-electron chi connectivity index (χ4n) is 3.22. The molecule has 0 saturated heterocycles. The van der Waals surface area contributed by atoms with Crippen molar-refractivity contribution in [2.24, 2.45) is 5.41 Å². The van der Waals surface area contributed by atoms with E-state index in [0.29, 0.717) is 38.7 Å². The Morgan fingerprint density at radius 1 is 1.32 bits per heavy atom. The minimum atomic E-state index is -1.03. The quantitative estimate of drug-likeness (QED) is 0.567. The van der Waals surface area contributed by atoms with Crippen molar-refractivity contribution in [3.8, 4) is 0 Å². The Hall–Kier alpha value is -1.09. The molecule has 0 amide bonds. The molecule has 1 rings (SSSR count). The molecule has 0 aromatic heterocycles. The number of carbonyl (C=O) groups is 1. The lowest BCUT2D eigenvalue weighted by Gasteiger charge is -2.48. The van der Waals surface area contributed by atoms with Crippen LogP contribution in [0.25, 0.3) is 0 Å². The first-order valence-electron chi connectivity index (χ1n) is 7.17. The lowest BCUT2D eigenvalue weighted by atomic mass is 9.59. The Morgan fingerprint density at radius 2 is 2.00 bits per heavy atom. The highest BCUT2D eigenvalue weighted by atomic mass is 16.5. The molecule has 0 radical (unpaired) electrons. The van der Waals surface area contributed by atoms with Gasteiger partial charge in [0.2, 0.25) is 0 Å². The van der Waals surface area contributed by atoms with Crippen LogP contribution in [0.2, 0.25) is 0 Å². The molecule has 1 saturated carbocycles. The monoisotopic (exact) mass is 266 g/mol. The van der Waals surface area contributed by atoms with Crippen molar-refractivity contribution in [2.45, 2.75) is 57.5 Å². The summed E-state index contributed by atoms with van der Waals surface area (Å²) in [5.74, 6) is -0.263. The summed E-state index contributed by atoms with van der Waals surface area (Å²) in [5.41, 5.74) is -1.83. The van der Waals surface area contributed by atoms with E-state index in [0.717, 1.165) is 12.8 Å². The van der Waals surface area contributed by atoms with E-state index in [1.54, 1.807) is 19.1 Å². The second kappa shape index (κ2) is 6.90. The van der Waals surface area contributed by atoms with Crippen LogP contribution in [-0.4, -0.2) is 23.3 Å². The van der Waals surface area contributed by atoms with Gasteiger partial charge in [-0.1, -0.05) is 25.0 Å². The van der Waals surface area contributed by atoms with Gasteiger partial charge < -0.3 is 9.84 Å². The van der Waals surface area contributed by atoms with Crippen LogP contribution in [0, 0.1) is 5.41 Å². The number of hydrogen-bond acceptors (Lipinski definition) is 3. The number of hydrogen-bond donors (Lipinski definition) is 1. The van der Waals surface area contributed by atoms with Crippen molar-refractivity contribution in [1.29, 1.82) is 0 Å². The van der Waals surface area contributed by atoms with E-state index in [-0.39, 0.29) is 5.97 Å². The molecule has 0 heterocycles. The zero-order valence-electron chi connectivity index (χ0n) is 12.0. The number of esters is 1. The van der Waals surface area contributed by atoms with Crippen molar-refractivity contribution in [3.05, 3.63) is 25.3 Å². The Balaban J connectivity index is 3.11. The number of carbonyl (C=O) groups excluding carboxylic acids is 1. The van der Waals surface area contributed by atoms with Crippen LogP contribution in [0.1, 0.15) is 51.9 Å². The topological polar surface area (TPSA) is 46.5 Å². The highest BCUT2D eigenvalue weighted by Crippen LogP contribution is 2.50. The van der Waals surface area contributed by atoms with Crippen LogP contribution in [0.15, 0.2) is 25.3 Å². The molecule has 108 valence electrons. The first-order valence-corrected chi connectivity index (χ1v) is 7.17. The molecule has 0 aliphatic heterocycles. The smallest absolute Gasteiger partial charge is 0.315 e. The number of rotatable bonds is 7. The average molecular weight is 266 g/mol. The molecule has 1 fully saturated rings. The average Bonchev–Trinajstić information content (AvgIpc) is 2.38. The summed E-state index contributed by atoms with van der Waals surface area (Å²) in [5, 5.41) is 11.0. The van der Waals surface area contributed by atoms with E-state index in [1.165, 1.54) is 0 Å². The SMILES string of the molecule is C=CCC[C@]1(C(=O)OCC)CCCC[C@]1(O)CC=C. The van der Waals surface area contributed by atoms with E-state index in [4.69, 9.17) is 4.74 Å². The summed E-state index contributed by atoms with van der Waals surface area (Å²) in [7, 11) is 0. The molecule has 0 unspecified atom stereocenters. The summed E-state index contributed by atoms with van der Waals surface area (Å²) in [6, 6.07) is 0. The van der Waals surface area contributed by atoms with Gasteiger partial charge in [0.05, 0.1) is 17.6 Å². The van der Waals surface area contributed by atoms with Gasteiger partial charge in [-0.15, -0.1) is 13.2 Å². The van der Waals surface area contributed by atoms with Gasteiger partial charge in [-0.05, 0) is 39.0 Å². The fraction of sp³-hybridized carbons (Fsp3) is 0.688. The van der Waals surface area contributed by atoms with E-state index >= 15 is 0 Å². The lowest BCUT2D eigenvalue weighted by Crippen LogP contribution is -2.55. The molecule has 0 spiro atoms. The van der Waals surface area contributed by atoms with Gasteiger partial charge in [0.15, 0.2) is 0 Å². The highest BCUT2D eigenvalue weighted by molar-refractivity contribution is 5.78. The Kier molecular flexibility index (Phi) is 5.80. The molecule has 3 nitrogen and oxygen atoms in total. The summed E-state index contributed by atoms with van der Waals surface area (Å²) in [6.07, 6.45) is 8.45. The van der Waals surface area contributed by atoms with Crippen LogP contribution in [-0.2, 0) is 9.53 Å². The Labute approximate surface area is 116 Å². The van der Waals surface area contributed by atoms with Crippen LogP contribution in [0.5, 0.6) is 0 Å². The van der Waals surface area contributed by atoms with Gasteiger partial charge in [-0.2, -0.15) is 0 Å². The lowest BCUT2D eigenvalue weighted by molar-refractivity contribution is -0.184. The maximum absolute atomic E-state index is 12.5. The van der Waals surface area contributed by atoms with Crippen molar-refractivity contribution < 1.29 is 14.6 Å². The molecule has 2 atom stereocenters. The van der Waals surface area contributed by atoms with Crippen LogP contribution in [0.4, 0.5) is 0 Å². The fourth-order valence-corrected chi connectivity index (χ4v) is 3.22. The molecular weight excluding hydrogens is 240 g/mol. The second-order valence-corrected chi connectivity index (χ2v) is 5.36. The molecule has 0 aromatic rings. The predicted molar refractivity (Wildman–Crippen MR) is 76.7 cm³/mol. The maximum Gasteiger partial charge on any atom is 0.315 e. The maximum atomic E-state index is 12.5. The zero-order chi connectivity index (χ0) is 14.4. The van der Waals surface area contributed by atoms with Gasteiger partial charge in [0, 0.05) is 0 Å². The Morgan fingerprint density at radius 3 is 2.58 bits per heavy atom. The standard InChI is InChI=1S/C16H26O3/c1-4-7-11-15(14(17)19-6-3)12-8-9-13-16(15,18)10-5-2/h4-5,18H,1-2,6-13H2,3H3/t15-,16-/m1/s1. The first-order chi connectivity index (χ1) is 9.06. The number of ether oxygens (including phenoxy) is 1. The largest absolute Gasteiger partial charge is 0.465 e. The van der Waals surface area contributed by atoms with Crippen molar-refractivity contribution >= 4 is 5.97 Å². The van der Waals surface area contributed by atoms with Gasteiger partial charge in [-0.3, -0.25) is 4.79 Å². The van der Waals surface area contributed by atoms with E-state index in [2.05, 4.69) is 13.2 Å². The molecular formula is C16H26O3. The van der Waals surface area contributed by atoms with Crippen molar-refractivity contribution in [3.63, 3.8) is 0 Å². The summed E-state index contributed by atoms with van der Waals surface area (Å²) in [6.45, 7) is 9.59. The van der Waals surface area contributed by atoms with Crippen molar-refractivity contribution in [1.82, 2.24) is 0 Å². The molecule has 1 aliphatic rings. The minimum Gasteiger partial charge on any atom is -0.465 e. The highest BCUT2D eigenvalue weighted by Gasteiger charge is 2.56.